The molecule has 0 radical (unpaired) electrons. The van der Waals surface area contributed by atoms with Crippen molar-refractivity contribution in [1.82, 2.24) is 9.62 Å². The van der Waals surface area contributed by atoms with Gasteiger partial charge in [-0.2, -0.15) is 5.26 Å². The van der Waals surface area contributed by atoms with Gasteiger partial charge < -0.3 is 4.90 Å². The summed E-state index contributed by atoms with van der Waals surface area (Å²) in [4.78, 5) is 14.9. The normalized spacial score (nSPS) is 15.6. The molecule has 1 atom stereocenters. The molecule has 1 aromatic carbocycles. The van der Waals surface area contributed by atoms with E-state index in [1.165, 1.54) is 12.1 Å². The number of amides is 1. The first-order valence-electron chi connectivity index (χ1n) is 8.57. The molecule has 0 aliphatic heterocycles. The van der Waals surface area contributed by atoms with Gasteiger partial charge in [0.25, 0.3) is 5.91 Å². The minimum atomic E-state index is -3.66. The Hall–Kier alpha value is -1.91. The molecule has 6 nitrogen and oxygen atoms in total. The largest absolute Gasteiger partial charge is 0.333 e. The Kier molecular flexibility index (Phi) is 6.20. The Morgan fingerprint density at radius 1 is 1.28 bits per heavy atom. The van der Waals surface area contributed by atoms with Gasteiger partial charge in [0, 0.05) is 30.6 Å². The summed E-state index contributed by atoms with van der Waals surface area (Å²) >= 11 is 0. The standard InChI is InChI=1S/C18H25N3O3S/c1-13(2)14(3)21(16-7-8-16)18(22)15-5-9-17(10-6-15)25(23,24)20-12-4-11-19/h5-6,9-10,13-14,16,20H,4,7-8,12H2,1-3H3. The Labute approximate surface area is 149 Å². The van der Waals surface area contributed by atoms with Crippen LogP contribution >= 0.6 is 0 Å². The smallest absolute Gasteiger partial charge is 0.254 e. The number of nitrogens with one attached hydrogen (secondary N) is 1. The second kappa shape index (κ2) is 7.98. The van der Waals surface area contributed by atoms with Crippen LogP contribution in [-0.4, -0.2) is 37.9 Å². The Morgan fingerprint density at radius 3 is 2.36 bits per heavy atom. The molecule has 25 heavy (non-hydrogen) atoms. The molecule has 0 bridgehead atoms. The summed E-state index contributed by atoms with van der Waals surface area (Å²) in [5.74, 6) is 0.304. The lowest BCUT2D eigenvalue weighted by Crippen LogP contribution is -2.43. The van der Waals surface area contributed by atoms with Crippen molar-refractivity contribution in [2.24, 2.45) is 5.92 Å². The van der Waals surface area contributed by atoms with Crippen LogP contribution < -0.4 is 4.72 Å². The summed E-state index contributed by atoms with van der Waals surface area (Å²) in [6.07, 6.45) is 2.16. The Bertz CT molecular complexity index is 747. The molecule has 0 heterocycles. The Morgan fingerprint density at radius 2 is 1.88 bits per heavy atom. The number of carbonyl (C=O) groups excluding carboxylic acids is 1. The van der Waals surface area contributed by atoms with Crippen molar-refractivity contribution in [3.05, 3.63) is 29.8 Å². The average molecular weight is 363 g/mol. The molecule has 136 valence electrons. The number of benzene rings is 1. The molecule has 1 saturated carbocycles. The van der Waals surface area contributed by atoms with Crippen LogP contribution in [0.5, 0.6) is 0 Å². The number of hydrogen-bond donors (Lipinski definition) is 1. The number of sulfonamides is 1. The molecule has 2 rings (SSSR count). The first-order chi connectivity index (χ1) is 11.8. The van der Waals surface area contributed by atoms with Gasteiger partial charge in [-0.25, -0.2) is 13.1 Å². The molecule has 1 fully saturated rings. The molecule has 0 spiro atoms. The zero-order chi connectivity index (χ0) is 18.6. The maximum absolute atomic E-state index is 12.9. The molecule has 1 unspecified atom stereocenters. The van der Waals surface area contributed by atoms with E-state index >= 15 is 0 Å². The molecular formula is C18H25N3O3S. The predicted molar refractivity (Wildman–Crippen MR) is 95.4 cm³/mol. The quantitative estimate of drug-likeness (QED) is 0.719. The zero-order valence-electron chi connectivity index (χ0n) is 14.9. The van der Waals surface area contributed by atoms with E-state index in [-0.39, 0.29) is 29.8 Å². The number of hydrogen-bond acceptors (Lipinski definition) is 4. The molecule has 1 aromatic rings. The molecule has 7 heteroatoms. The van der Waals surface area contributed by atoms with Crippen molar-refractivity contribution in [1.29, 1.82) is 5.26 Å². The van der Waals surface area contributed by atoms with Gasteiger partial charge in [-0.1, -0.05) is 13.8 Å². The summed E-state index contributed by atoms with van der Waals surface area (Å²) in [6.45, 7) is 6.31. The third-order valence-electron chi connectivity index (χ3n) is 4.52. The minimum absolute atomic E-state index is 0.0508. The van der Waals surface area contributed by atoms with Crippen molar-refractivity contribution < 1.29 is 13.2 Å². The zero-order valence-corrected chi connectivity index (χ0v) is 15.7. The summed E-state index contributed by atoms with van der Waals surface area (Å²) in [5, 5.41) is 8.49. The van der Waals surface area contributed by atoms with Crippen LogP contribution in [0.4, 0.5) is 0 Å². The van der Waals surface area contributed by atoms with E-state index in [4.69, 9.17) is 5.26 Å². The fourth-order valence-corrected chi connectivity index (χ4v) is 3.64. The van der Waals surface area contributed by atoms with Gasteiger partial charge in [-0.3, -0.25) is 4.79 Å². The lowest BCUT2D eigenvalue weighted by atomic mass is 10.0. The highest BCUT2D eigenvalue weighted by atomic mass is 32.2. The van der Waals surface area contributed by atoms with Gasteiger partial charge in [0.2, 0.25) is 10.0 Å². The molecule has 0 saturated heterocycles. The number of nitriles is 1. The second-order valence-corrected chi connectivity index (χ2v) is 8.53. The van der Waals surface area contributed by atoms with E-state index < -0.39 is 10.0 Å². The predicted octanol–water partition coefficient (Wildman–Crippen LogP) is 2.53. The van der Waals surface area contributed by atoms with Crippen LogP contribution in [0.25, 0.3) is 0 Å². The van der Waals surface area contributed by atoms with Crippen molar-refractivity contribution in [3.63, 3.8) is 0 Å². The monoisotopic (exact) mass is 363 g/mol. The van der Waals surface area contributed by atoms with Gasteiger partial charge in [-0.05, 0) is 49.9 Å². The van der Waals surface area contributed by atoms with Gasteiger partial charge in [-0.15, -0.1) is 0 Å². The van der Waals surface area contributed by atoms with Crippen LogP contribution in [0.15, 0.2) is 29.2 Å². The first kappa shape index (κ1) is 19.4. The van der Waals surface area contributed by atoms with E-state index in [1.807, 2.05) is 11.0 Å². The average Bonchev–Trinajstić information content (AvgIpc) is 3.40. The van der Waals surface area contributed by atoms with Crippen LogP contribution in [0.3, 0.4) is 0 Å². The second-order valence-electron chi connectivity index (χ2n) is 6.76. The van der Waals surface area contributed by atoms with E-state index in [1.54, 1.807) is 12.1 Å². The fourth-order valence-electron chi connectivity index (χ4n) is 2.61. The summed E-state index contributed by atoms with van der Waals surface area (Å²) in [7, 11) is -3.66. The third-order valence-corrected chi connectivity index (χ3v) is 6.00. The van der Waals surface area contributed by atoms with Crippen molar-refractivity contribution in [2.75, 3.05) is 6.54 Å². The van der Waals surface area contributed by atoms with Gasteiger partial charge in [0.1, 0.15) is 0 Å². The van der Waals surface area contributed by atoms with E-state index in [2.05, 4.69) is 25.5 Å². The number of rotatable bonds is 8. The van der Waals surface area contributed by atoms with Crippen molar-refractivity contribution in [2.45, 2.75) is 57.0 Å². The van der Waals surface area contributed by atoms with Crippen LogP contribution in [-0.2, 0) is 10.0 Å². The van der Waals surface area contributed by atoms with Crippen LogP contribution in [0.1, 0.15) is 50.4 Å². The highest BCUT2D eigenvalue weighted by Gasteiger charge is 2.37. The van der Waals surface area contributed by atoms with Crippen LogP contribution in [0, 0.1) is 17.2 Å². The SMILES string of the molecule is CC(C)C(C)N(C(=O)c1ccc(S(=O)(=O)NCCC#N)cc1)C1CC1. The third kappa shape index (κ3) is 4.80. The van der Waals surface area contributed by atoms with E-state index in [0.717, 1.165) is 12.8 Å². The van der Waals surface area contributed by atoms with Crippen molar-refractivity contribution in [3.8, 4) is 6.07 Å². The molecule has 1 aliphatic carbocycles. The molecule has 1 amide bonds. The van der Waals surface area contributed by atoms with Gasteiger partial charge in [0.05, 0.1) is 11.0 Å². The van der Waals surface area contributed by atoms with Crippen LogP contribution in [0.2, 0.25) is 0 Å². The van der Waals surface area contributed by atoms with E-state index in [9.17, 15) is 13.2 Å². The summed E-state index contributed by atoms with van der Waals surface area (Å²) in [5.41, 5.74) is 0.496. The Balaban J connectivity index is 2.15. The lowest BCUT2D eigenvalue weighted by Gasteiger charge is -2.32. The maximum Gasteiger partial charge on any atom is 0.254 e. The number of carbonyl (C=O) groups is 1. The minimum Gasteiger partial charge on any atom is -0.333 e. The van der Waals surface area contributed by atoms with Gasteiger partial charge in [0.15, 0.2) is 0 Å². The number of nitrogens with zero attached hydrogens (tertiary/aromatic N) is 2. The maximum atomic E-state index is 12.9. The molecular weight excluding hydrogens is 338 g/mol. The fraction of sp³-hybridized carbons (Fsp3) is 0.556. The van der Waals surface area contributed by atoms with Gasteiger partial charge >= 0.3 is 0 Å². The lowest BCUT2D eigenvalue weighted by molar-refractivity contribution is 0.0627. The molecule has 0 aromatic heterocycles. The topological polar surface area (TPSA) is 90.3 Å². The summed E-state index contributed by atoms with van der Waals surface area (Å²) in [6, 6.07) is 8.31. The van der Waals surface area contributed by atoms with E-state index in [0.29, 0.717) is 17.5 Å². The summed E-state index contributed by atoms with van der Waals surface area (Å²) < 4.78 is 26.6. The molecule has 1 aliphatic rings. The highest BCUT2D eigenvalue weighted by Crippen LogP contribution is 2.32. The highest BCUT2D eigenvalue weighted by molar-refractivity contribution is 7.89. The first-order valence-corrected chi connectivity index (χ1v) is 10.1. The molecule has 1 N–H and O–H groups in total. The van der Waals surface area contributed by atoms with Crippen molar-refractivity contribution >= 4 is 15.9 Å².